The van der Waals surface area contributed by atoms with E-state index in [9.17, 15) is 0 Å². The quantitative estimate of drug-likeness (QED) is 0.888. The zero-order valence-electron chi connectivity index (χ0n) is 13.3. The Balaban J connectivity index is 1.86. The van der Waals surface area contributed by atoms with E-state index in [0.717, 1.165) is 24.5 Å². The second-order valence-corrected chi connectivity index (χ2v) is 5.29. The zero-order valence-corrected chi connectivity index (χ0v) is 13.3. The first kappa shape index (κ1) is 15.8. The number of aromatic nitrogens is 1. The average Bonchev–Trinajstić information content (AvgIpc) is 2.63. The van der Waals surface area contributed by atoms with Crippen LogP contribution in [0.3, 0.4) is 0 Å². The lowest BCUT2D eigenvalue weighted by atomic mass is 10.1. The normalized spacial score (nSPS) is 19.1. The molecule has 5 nitrogen and oxygen atoms in total. The van der Waals surface area contributed by atoms with E-state index in [0.29, 0.717) is 19.0 Å². The molecule has 0 radical (unpaired) electrons. The Labute approximate surface area is 136 Å². The molecule has 1 saturated heterocycles. The topological polar surface area (TPSA) is 52.6 Å². The van der Waals surface area contributed by atoms with Crippen LogP contribution in [0.4, 0.5) is 0 Å². The van der Waals surface area contributed by atoms with Crippen LogP contribution in [0.15, 0.2) is 48.7 Å². The summed E-state index contributed by atoms with van der Waals surface area (Å²) in [5.41, 5.74) is 0.854. The van der Waals surface area contributed by atoms with Crippen molar-refractivity contribution in [3.63, 3.8) is 0 Å². The monoisotopic (exact) mass is 314 g/mol. The second-order valence-electron chi connectivity index (χ2n) is 5.29. The number of pyridine rings is 1. The van der Waals surface area contributed by atoms with Crippen molar-refractivity contribution in [2.24, 2.45) is 0 Å². The Morgan fingerprint density at radius 3 is 2.74 bits per heavy atom. The van der Waals surface area contributed by atoms with Crippen LogP contribution in [0.25, 0.3) is 0 Å². The third-order valence-electron chi connectivity index (χ3n) is 3.68. The van der Waals surface area contributed by atoms with Gasteiger partial charge in [-0.15, -0.1) is 0 Å². The van der Waals surface area contributed by atoms with Crippen LogP contribution >= 0.6 is 0 Å². The first-order chi connectivity index (χ1) is 11.4. The summed E-state index contributed by atoms with van der Waals surface area (Å²) in [7, 11) is 0. The zero-order chi connectivity index (χ0) is 15.9. The second kappa shape index (κ2) is 7.94. The summed E-state index contributed by atoms with van der Waals surface area (Å²) in [6.07, 6.45) is 1.40. The van der Waals surface area contributed by atoms with Gasteiger partial charge in [-0.1, -0.05) is 18.2 Å². The van der Waals surface area contributed by atoms with Crippen molar-refractivity contribution in [1.29, 1.82) is 0 Å². The fourth-order valence-electron chi connectivity index (χ4n) is 2.61. The van der Waals surface area contributed by atoms with Crippen LogP contribution in [0.5, 0.6) is 11.5 Å². The van der Waals surface area contributed by atoms with Crippen molar-refractivity contribution in [1.82, 2.24) is 10.3 Å². The summed E-state index contributed by atoms with van der Waals surface area (Å²) in [6.45, 7) is 4.82. The van der Waals surface area contributed by atoms with Crippen molar-refractivity contribution >= 4 is 0 Å². The number of nitrogens with one attached hydrogen (secondary N) is 1. The van der Waals surface area contributed by atoms with E-state index in [-0.39, 0.29) is 12.2 Å². The van der Waals surface area contributed by atoms with E-state index in [2.05, 4.69) is 10.3 Å². The molecule has 23 heavy (non-hydrogen) atoms. The van der Waals surface area contributed by atoms with E-state index in [1.165, 1.54) is 0 Å². The number of ether oxygens (including phenoxy) is 3. The van der Waals surface area contributed by atoms with Crippen LogP contribution in [0, 0.1) is 0 Å². The van der Waals surface area contributed by atoms with E-state index < -0.39 is 0 Å². The maximum Gasteiger partial charge on any atom is 0.168 e. The van der Waals surface area contributed by atoms with Gasteiger partial charge in [0.2, 0.25) is 0 Å². The Morgan fingerprint density at radius 2 is 2.04 bits per heavy atom. The van der Waals surface area contributed by atoms with Gasteiger partial charge in [-0.3, -0.25) is 4.98 Å². The summed E-state index contributed by atoms with van der Waals surface area (Å²) < 4.78 is 17.8. The number of nitrogens with zero attached hydrogens (tertiary/aromatic N) is 1. The van der Waals surface area contributed by atoms with E-state index in [4.69, 9.17) is 14.2 Å². The van der Waals surface area contributed by atoms with Crippen LogP contribution in [-0.2, 0) is 4.74 Å². The molecule has 122 valence electrons. The lowest BCUT2D eigenvalue weighted by molar-refractivity contribution is -0.0453. The molecule has 2 aromatic rings. The van der Waals surface area contributed by atoms with Crippen LogP contribution in [0.2, 0.25) is 0 Å². The maximum atomic E-state index is 6.27. The van der Waals surface area contributed by atoms with Gasteiger partial charge in [-0.2, -0.15) is 0 Å². The fraction of sp³-hybridized carbons (Fsp3) is 0.389. The molecular formula is C18H22N2O3. The molecule has 1 aromatic carbocycles. The minimum absolute atomic E-state index is 0.0895. The van der Waals surface area contributed by atoms with Crippen molar-refractivity contribution in [3.8, 4) is 11.5 Å². The lowest BCUT2D eigenvalue weighted by Gasteiger charge is -2.31. The SMILES string of the molecule is CCOc1ccccc1OC(c1ccccn1)[C@H]1CNCCO1. The Hall–Kier alpha value is -2.11. The predicted molar refractivity (Wildman–Crippen MR) is 87.8 cm³/mol. The molecule has 0 spiro atoms. The van der Waals surface area contributed by atoms with Gasteiger partial charge in [-0.05, 0) is 31.2 Å². The standard InChI is InChI=1S/C18H22N2O3/c1-2-21-15-8-3-4-9-16(15)23-18(14-7-5-6-10-20-14)17-13-19-11-12-22-17/h3-10,17-19H,2,11-13H2,1H3/t17-,18?/m1/s1. The Kier molecular flexibility index (Phi) is 5.45. The third kappa shape index (κ3) is 4.00. The van der Waals surface area contributed by atoms with Crippen molar-refractivity contribution in [2.75, 3.05) is 26.3 Å². The largest absolute Gasteiger partial charge is 0.490 e. The number of para-hydroxylation sites is 2. The number of rotatable bonds is 6. The number of benzene rings is 1. The van der Waals surface area contributed by atoms with Crippen molar-refractivity contribution < 1.29 is 14.2 Å². The summed E-state index contributed by atoms with van der Waals surface area (Å²) in [5.74, 6) is 1.44. The molecule has 1 aromatic heterocycles. The van der Waals surface area contributed by atoms with Gasteiger partial charge in [0.15, 0.2) is 17.6 Å². The number of hydrogen-bond donors (Lipinski definition) is 1. The molecule has 0 bridgehead atoms. The highest BCUT2D eigenvalue weighted by molar-refractivity contribution is 5.40. The minimum Gasteiger partial charge on any atom is -0.490 e. The highest BCUT2D eigenvalue weighted by atomic mass is 16.6. The summed E-state index contributed by atoms with van der Waals surface area (Å²) in [5, 5.41) is 3.35. The van der Waals surface area contributed by atoms with Gasteiger partial charge in [0.05, 0.1) is 18.9 Å². The van der Waals surface area contributed by atoms with Gasteiger partial charge in [0.25, 0.3) is 0 Å². The summed E-state index contributed by atoms with van der Waals surface area (Å²) >= 11 is 0. The Bertz CT molecular complexity index is 600. The average molecular weight is 314 g/mol. The number of hydrogen-bond acceptors (Lipinski definition) is 5. The molecule has 0 saturated carbocycles. The van der Waals surface area contributed by atoms with Gasteiger partial charge < -0.3 is 19.5 Å². The van der Waals surface area contributed by atoms with E-state index in [1.807, 2.05) is 49.4 Å². The highest BCUT2D eigenvalue weighted by Crippen LogP contribution is 2.33. The molecule has 1 unspecified atom stereocenters. The van der Waals surface area contributed by atoms with Crippen LogP contribution in [-0.4, -0.2) is 37.4 Å². The lowest BCUT2D eigenvalue weighted by Crippen LogP contribution is -2.43. The predicted octanol–water partition coefficient (Wildman–Crippen LogP) is 2.59. The first-order valence-electron chi connectivity index (χ1n) is 8.00. The Morgan fingerprint density at radius 1 is 1.22 bits per heavy atom. The van der Waals surface area contributed by atoms with Crippen molar-refractivity contribution in [3.05, 3.63) is 54.4 Å². The first-order valence-corrected chi connectivity index (χ1v) is 8.00. The third-order valence-corrected chi connectivity index (χ3v) is 3.68. The van der Waals surface area contributed by atoms with Gasteiger partial charge in [-0.25, -0.2) is 0 Å². The highest BCUT2D eigenvalue weighted by Gasteiger charge is 2.29. The van der Waals surface area contributed by atoms with Gasteiger partial charge >= 0.3 is 0 Å². The van der Waals surface area contributed by atoms with Crippen molar-refractivity contribution in [2.45, 2.75) is 19.1 Å². The molecule has 0 aliphatic carbocycles. The molecule has 2 heterocycles. The summed E-state index contributed by atoms with van der Waals surface area (Å²) in [4.78, 5) is 4.45. The molecule has 5 heteroatoms. The molecule has 1 aliphatic rings. The smallest absolute Gasteiger partial charge is 0.168 e. The molecule has 1 fully saturated rings. The fourth-order valence-corrected chi connectivity index (χ4v) is 2.61. The molecule has 2 atom stereocenters. The molecule has 3 rings (SSSR count). The van der Waals surface area contributed by atoms with E-state index >= 15 is 0 Å². The van der Waals surface area contributed by atoms with Gasteiger partial charge in [0.1, 0.15) is 6.10 Å². The summed E-state index contributed by atoms with van der Waals surface area (Å²) in [6, 6.07) is 13.5. The van der Waals surface area contributed by atoms with E-state index in [1.54, 1.807) is 6.20 Å². The molecule has 1 N–H and O–H groups in total. The molecular weight excluding hydrogens is 292 g/mol. The number of morpholine rings is 1. The molecule has 1 aliphatic heterocycles. The van der Waals surface area contributed by atoms with Gasteiger partial charge in [0, 0.05) is 19.3 Å². The minimum atomic E-state index is -0.286. The van der Waals surface area contributed by atoms with Crippen LogP contribution < -0.4 is 14.8 Å². The maximum absolute atomic E-state index is 6.27. The molecule has 0 amide bonds. The van der Waals surface area contributed by atoms with Crippen LogP contribution in [0.1, 0.15) is 18.7 Å².